The fourth-order valence-electron chi connectivity index (χ4n) is 1.27. The van der Waals surface area contributed by atoms with Gasteiger partial charge >= 0.3 is 0 Å². The number of aromatic nitrogens is 2. The standard InChI is InChI=1S/C11H10N4OS/c12-11(15-16)8-3-1-2-4-9(8)17-10-5-6-13-7-14-10/h1-7,16H,(H2,12,15). The Hall–Kier alpha value is -2.08. The Morgan fingerprint density at radius 1 is 1.29 bits per heavy atom. The van der Waals surface area contributed by atoms with E-state index in [1.54, 1.807) is 18.3 Å². The lowest BCUT2D eigenvalue weighted by molar-refractivity contribution is 0.318. The van der Waals surface area contributed by atoms with Gasteiger partial charge in [0, 0.05) is 16.7 Å². The van der Waals surface area contributed by atoms with E-state index < -0.39 is 0 Å². The van der Waals surface area contributed by atoms with Crippen LogP contribution in [-0.4, -0.2) is 21.0 Å². The lowest BCUT2D eigenvalue weighted by Crippen LogP contribution is -2.14. The summed E-state index contributed by atoms with van der Waals surface area (Å²) in [5.74, 6) is 0.0853. The average molecular weight is 246 g/mol. The number of hydrogen-bond donors (Lipinski definition) is 2. The molecule has 0 fully saturated rings. The normalized spacial score (nSPS) is 11.4. The maximum Gasteiger partial charge on any atom is 0.171 e. The molecule has 0 aliphatic rings. The molecule has 2 rings (SSSR count). The molecular weight excluding hydrogens is 236 g/mol. The predicted molar refractivity (Wildman–Crippen MR) is 65.1 cm³/mol. The molecule has 17 heavy (non-hydrogen) atoms. The third-order valence-corrected chi connectivity index (χ3v) is 3.07. The van der Waals surface area contributed by atoms with Crippen LogP contribution in [0.15, 0.2) is 57.9 Å². The zero-order valence-corrected chi connectivity index (χ0v) is 9.63. The smallest absolute Gasteiger partial charge is 0.171 e. The van der Waals surface area contributed by atoms with Gasteiger partial charge in [-0.25, -0.2) is 9.97 Å². The Bertz CT molecular complexity index is 530. The first-order valence-electron chi connectivity index (χ1n) is 4.82. The van der Waals surface area contributed by atoms with Crippen LogP contribution in [0, 0.1) is 0 Å². The highest BCUT2D eigenvalue weighted by Crippen LogP contribution is 2.28. The van der Waals surface area contributed by atoms with Crippen molar-refractivity contribution in [3.63, 3.8) is 0 Å². The average Bonchev–Trinajstić information content (AvgIpc) is 2.40. The predicted octanol–water partition coefficient (Wildman–Crippen LogP) is 1.72. The van der Waals surface area contributed by atoms with Crippen molar-refractivity contribution in [2.24, 2.45) is 10.9 Å². The Balaban J connectivity index is 2.33. The van der Waals surface area contributed by atoms with Gasteiger partial charge in [0.15, 0.2) is 5.84 Å². The highest BCUT2D eigenvalue weighted by atomic mass is 32.2. The highest BCUT2D eigenvalue weighted by molar-refractivity contribution is 7.99. The van der Waals surface area contributed by atoms with E-state index in [0.29, 0.717) is 5.56 Å². The molecule has 0 saturated heterocycles. The van der Waals surface area contributed by atoms with Crippen molar-refractivity contribution < 1.29 is 5.21 Å². The molecule has 1 aromatic carbocycles. The van der Waals surface area contributed by atoms with Crippen molar-refractivity contribution >= 4 is 17.6 Å². The summed E-state index contributed by atoms with van der Waals surface area (Å²) in [6, 6.07) is 9.20. The van der Waals surface area contributed by atoms with Crippen LogP contribution in [0.3, 0.4) is 0 Å². The van der Waals surface area contributed by atoms with E-state index in [4.69, 9.17) is 10.9 Å². The molecule has 0 bridgehead atoms. The van der Waals surface area contributed by atoms with E-state index in [-0.39, 0.29) is 5.84 Å². The Labute approximate surface area is 102 Å². The number of oxime groups is 1. The topological polar surface area (TPSA) is 84.4 Å². The zero-order chi connectivity index (χ0) is 12.1. The molecule has 0 unspecified atom stereocenters. The number of nitrogens with two attached hydrogens (primary N) is 1. The molecular formula is C11H10N4OS. The van der Waals surface area contributed by atoms with Crippen molar-refractivity contribution in [2.75, 3.05) is 0 Å². The first-order valence-corrected chi connectivity index (χ1v) is 5.63. The molecule has 0 aliphatic heterocycles. The minimum Gasteiger partial charge on any atom is -0.409 e. The van der Waals surface area contributed by atoms with Crippen LogP contribution in [0.4, 0.5) is 0 Å². The van der Waals surface area contributed by atoms with E-state index in [1.165, 1.54) is 18.1 Å². The quantitative estimate of drug-likeness (QED) is 0.283. The second-order valence-corrected chi connectivity index (χ2v) is 4.19. The van der Waals surface area contributed by atoms with Gasteiger partial charge in [0.05, 0.1) is 0 Å². The number of nitrogens with zero attached hydrogens (tertiary/aromatic N) is 3. The summed E-state index contributed by atoms with van der Waals surface area (Å²) in [6.07, 6.45) is 3.15. The van der Waals surface area contributed by atoms with Crippen LogP contribution in [0.25, 0.3) is 0 Å². The molecule has 0 saturated carbocycles. The van der Waals surface area contributed by atoms with Crippen molar-refractivity contribution in [3.8, 4) is 0 Å². The summed E-state index contributed by atoms with van der Waals surface area (Å²) < 4.78 is 0. The minimum absolute atomic E-state index is 0.0853. The molecule has 0 amide bonds. The SMILES string of the molecule is NC(=NO)c1ccccc1Sc1ccncn1. The van der Waals surface area contributed by atoms with Gasteiger partial charge < -0.3 is 10.9 Å². The number of benzene rings is 1. The maximum absolute atomic E-state index is 8.71. The van der Waals surface area contributed by atoms with Gasteiger partial charge in [-0.1, -0.05) is 35.1 Å². The molecule has 2 aromatic rings. The third-order valence-electron chi connectivity index (χ3n) is 2.04. The van der Waals surface area contributed by atoms with E-state index in [1.807, 2.05) is 18.2 Å². The summed E-state index contributed by atoms with van der Waals surface area (Å²) in [5.41, 5.74) is 6.28. The molecule has 0 radical (unpaired) electrons. The van der Waals surface area contributed by atoms with Crippen molar-refractivity contribution in [1.29, 1.82) is 0 Å². The van der Waals surface area contributed by atoms with Crippen molar-refractivity contribution in [1.82, 2.24) is 9.97 Å². The summed E-state index contributed by atoms with van der Waals surface area (Å²) in [6.45, 7) is 0. The first kappa shape index (κ1) is 11.4. The minimum atomic E-state index is 0.0853. The van der Waals surface area contributed by atoms with E-state index in [9.17, 15) is 0 Å². The molecule has 1 heterocycles. The van der Waals surface area contributed by atoms with E-state index >= 15 is 0 Å². The zero-order valence-electron chi connectivity index (χ0n) is 8.82. The number of rotatable bonds is 3. The van der Waals surface area contributed by atoms with Crippen LogP contribution < -0.4 is 5.73 Å². The fourth-order valence-corrected chi connectivity index (χ4v) is 2.16. The summed E-state index contributed by atoms with van der Waals surface area (Å²) in [5, 5.41) is 12.5. The van der Waals surface area contributed by atoms with Crippen LogP contribution in [-0.2, 0) is 0 Å². The van der Waals surface area contributed by atoms with Crippen molar-refractivity contribution in [3.05, 3.63) is 48.4 Å². The molecule has 0 atom stereocenters. The Morgan fingerprint density at radius 3 is 2.82 bits per heavy atom. The lowest BCUT2D eigenvalue weighted by Gasteiger charge is -2.06. The monoisotopic (exact) mass is 246 g/mol. The number of hydrogen-bond acceptors (Lipinski definition) is 5. The second kappa shape index (κ2) is 5.31. The van der Waals surface area contributed by atoms with Crippen molar-refractivity contribution in [2.45, 2.75) is 9.92 Å². The van der Waals surface area contributed by atoms with Gasteiger partial charge in [0.25, 0.3) is 0 Å². The lowest BCUT2D eigenvalue weighted by atomic mass is 10.2. The Morgan fingerprint density at radius 2 is 2.12 bits per heavy atom. The van der Waals surface area contributed by atoms with Gasteiger partial charge in [-0.05, 0) is 12.1 Å². The Kier molecular flexibility index (Phi) is 3.56. The summed E-state index contributed by atoms with van der Waals surface area (Å²) >= 11 is 1.43. The van der Waals surface area contributed by atoms with Crippen LogP contribution in [0.2, 0.25) is 0 Å². The van der Waals surface area contributed by atoms with Gasteiger partial charge in [-0.15, -0.1) is 0 Å². The van der Waals surface area contributed by atoms with Gasteiger partial charge in [-0.3, -0.25) is 0 Å². The molecule has 86 valence electrons. The molecule has 5 nitrogen and oxygen atoms in total. The first-order chi connectivity index (χ1) is 8.31. The maximum atomic E-state index is 8.71. The second-order valence-electron chi connectivity index (χ2n) is 3.13. The largest absolute Gasteiger partial charge is 0.409 e. The van der Waals surface area contributed by atoms with Crippen LogP contribution in [0.5, 0.6) is 0 Å². The molecule has 1 aromatic heterocycles. The fraction of sp³-hybridized carbons (Fsp3) is 0. The van der Waals surface area contributed by atoms with E-state index in [0.717, 1.165) is 9.92 Å². The third kappa shape index (κ3) is 2.73. The van der Waals surface area contributed by atoms with Gasteiger partial charge in [-0.2, -0.15) is 0 Å². The van der Waals surface area contributed by atoms with Crippen LogP contribution in [0.1, 0.15) is 5.56 Å². The molecule has 0 spiro atoms. The van der Waals surface area contributed by atoms with Crippen LogP contribution >= 0.6 is 11.8 Å². The summed E-state index contributed by atoms with van der Waals surface area (Å²) in [4.78, 5) is 8.83. The highest BCUT2D eigenvalue weighted by Gasteiger charge is 2.08. The molecule has 3 N–H and O–H groups in total. The molecule has 0 aliphatic carbocycles. The number of amidine groups is 1. The van der Waals surface area contributed by atoms with E-state index in [2.05, 4.69) is 15.1 Å². The summed E-state index contributed by atoms with van der Waals surface area (Å²) in [7, 11) is 0. The van der Waals surface area contributed by atoms with Gasteiger partial charge in [0.1, 0.15) is 11.4 Å². The van der Waals surface area contributed by atoms with Gasteiger partial charge in [0.2, 0.25) is 0 Å². The molecule has 6 heteroatoms.